The second-order valence-electron chi connectivity index (χ2n) is 4.74. The fourth-order valence-corrected chi connectivity index (χ4v) is 2.02. The molecule has 0 fully saturated rings. The van der Waals surface area contributed by atoms with Gasteiger partial charge < -0.3 is 14.8 Å². The number of hydrogen-bond acceptors (Lipinski definition) is 4. The largest absolute Gasteiger partial charge is 0.494 e. The van der Waals surface area contributed by atoms with Crippen LogP contribution in [0.25, 0.3) is 0 Å². The number of nitrogens with zero attached hydrogens (tertiary/aromatic N) is 1. The molecule has 0 aliphatic carbocycles. The molecule has 112 valence electrons. The van der Waals surface area contributed by atoms with Gasteiger partial charge in [-0.15, -0.1) is 0 Å². The van der Waals surface area contributed by atoms with Crippen molar-refractivity contribution in [2.24, 2.45) is 0 Å². The zero-order valence-corrected chi connectivity index (χ0v) is 12.8. The summed E-state index contributed by atoms with van der Waals surface area (Å²) in [6.45, 7) is 8.45. The molecule has 1 heterocycles. The van der Waals surface area contributed by atoms with Gasteiger partial charge in [0.15, 0.2) is 0 Å². The molecule has 0 saturated carbocycles. The van der Waals surface area contributed by atoms with Crippen LogP contribution in [0.15, 0.2) is 36.4 Å². The van der Waals surface area contributed by atoms with Gasteiger partial charge in [-0.1, -0.05) is 6.92 Å². The lowest BCUT2D eigenvalue weighted by Crippen LogP contribution is -2.12. The van der Waals surface area contributed by atoms with Crippen LogP contribution < -0.4 is 14.8 Å². The zero-order valence-electron chi connectivity index (χ0n) is 12.8. The second-order valence-corrected chi connectivity index (χ2v) is 4.74. The van der Waals surface area contributed by atoms with Crippen molar-refractivity contribution >= 4 is 0 Å². The molecule has 4 nitrogen and oxygen atoms in total. The summed E-state index contributed by atoms with van der Waals surface area (Å²) >= 11 is 0. The Hall–Kier alpha value is -2.07. The van der Waals surface area contributed by atoms with Crippen molar-refractivity contribution in [3.8, 4) is 17.4 Å². The lowest BCUT2D eigenvalue weighted by molar-refractivity contribution is 0.339. The smallest absolute Gasteiger partial charge is 0.219 e. The molecule has 21 heavy (non-hydrogen) atoms. The maximum atomic E-state index is 5.82. The summed E-state index contributed by atoms with van der Waals surface area (Å²) in [5, 5.41) is 3.30. The summed E-state index contributed by atoms with van der Waals surface area (Å²) in [7, 11) is 0. The second kappa shape index (κ2) is 7.64. The van der Waals surface area contributed by atoms with E-state index < -0.39 is 0 Å². The molecule has 2 aromatic rings. The van der Waals surface area contributed by atoms with Crippen LogP contribution in [-0.2, 0) is 6.54 Å². The van der Waals surface area contributed by atoms with E-state index in [-0.39, 0.29) is 0 Å². The van der Waals surface area contributed by atoms with Crippen molar-refractivity contribution in [3.63, 3.8) is 0 Å². The fraction of sp³-hybridized carbons (Fsp3) is 0.353. The fourth-order valence-electron chi connectivity index (χ4n) is 2.02. The van der Waals surface area contributed by atoms with Crippen LogP contribution in [0.3, 0.4) is 0 Å². The van der Waals surface area contributed by atoms with Gasteiger partial charge in [-0.2, -0.15) is 0 Å². The van der Waals surface area contributed by atoms with E-state index in [0.29, 0.717) is 12.5 Å². The quantitative estimate of drug-likeness (QED) is 0.843. The molecule has 2 rings (SSSR count). The summed E-state index contributed by atoms with van der Waals surface area (Å²) in [5.74, 6) is 2.22. The Bertz CT molecular complexity index is 568. The Labute approximate surface area is 126 Å². The maximum Gasteiger partial charge on any atom is 0.219 e. The Morgan fingerprint density at radius 2 is 1.76 bits per heavy atom. The summed E-state index contributed by atoms with van der Waals surface area (Å²) in [5.41, 5.74) is 2.12. The van der Waals surface area contributed by atoms with Crippen molar-refractivity contribution in [1.29, 1.82) is 0 Å². The zero-order chi connectivity index (χ0) is 15.1. The third-order valence-electron chi connectivity index (χ3n) is 2.93. The highest BCUT2D eigenvalue weighted by Gasteiger charge is 2.03. The highest BCUT2D eigenvalue weighted by atomic mass is 16.5. The van der Waals surface area contributed by atoms with E-state index in [2.05, 4.69) is 23.3 Å². The maximum absolute atomic E-state index is 5.82. The van der Waals surface area contributed by atoms with E-state index in [9.17, 15) is 0 Å². The molecule has 0 amide bonds. The van der Waals surface area contributed by atoms with Crippen molar-refractivity contribution in [3.05, 3.63) is 47.7 Å². The van der Waals surface area contributed by atoms with Crippen LogP contribution in [0.1, 0.15) is 25.1 Å². The predicted octanol–water partition coefficient (Wildman–Crippen LogP) is 3.69. The minimum absolute atomic E-state index is 0.618. The molecule has 0 aliphatic heterocycles. The minimum Gasteiger partial charge on any atom is -0.494 e. The number of pyridine rings is 1. The molecule has 1 aromatic carbocycles. The van der Waals surface area contributed by atoms with Gasteiger partial charge in [-0.25, -0.2) is 4.98 Å². The molecule has 0 unspecified atom stereocenters. The first-order valence-corrected chi connectivity index (χ1v) is 7.30. The number of aryl methyl sites for hydroxylation is 1. The van der Waals surface area contributed by atoms with Gasteiger partial charge in [-0.05, 0) is 56.3 Å². The van der Waals surface area contributed by atoms with E-state index >= 15 is 0 Å². The van der Waals surface area contributed by atoms with Crippen molar-refractivity contribution in [1.82, 2.24) is 10.3 Å². The topological polar surface area (TPSA) is 43.4 Å². The standard InChI is InChI=1S/C17H22N2O2/c1-4-18-12-14-10-13(3)19-17(11-14)21-16-8-6-15(7-9-16)20-5-2/h6-11,18H,4-5,12H2,1-3H3. The number of hydrogen-bond donors (Lipinski definition) is 1. The summed E-state index contributed by atoms with van der Waals surface area (Å²) in [4.78, 5) is 4.41. The average Bonchev–Trinajstić information content (AvgIpc) is 2.47. The lowest BCUT2D eigenvalue weighted by atomic mass is 10.2. The van der Waals surface area contributed by atoms with Crippen LogP contribution in [-0.4, -0.2) is 18.1 Å². The van der Waals surface area contributed by atoms with Crippen LogP contribution in [0.4, 0.5) is 0 Å². The van der Waals surface area contributed by atoms with Crippen LogP contribution in [0.2, 0.25) is 0 Å². The molecule has 0 spiro atoms. The number of benzene rings is 1. The van der Waals surface area contributed by atoms with E-state index in [1.165, 1.54) is 5.56 Å². The Kier molecular flexibility index (Phi) is 5.58. The van der Waals surface area contributed by atoms with Crippen molar-refractivity contribution < 1.29 is 9.47 Å². The van der Waals surface area contributed by atoms with Gasteiger partial charge in [0.05, 0.1) is 6.61 Å². The monoisotopic (exact) mass is 286 g/mol. The molecule has 1 N–H and O–H groups in total. The molecule has 1 aromatic heterocycles. The van der Waals surface area contributed by atoms with Crippen LogP contribution in [0, 0.1) is 6.92 Å². The van der Waals surface area contributed by atoms with Gasteiger partial charge in [0.2, 0.25) is 5.88 Å². The highest BCUT2D eigenvalue weighted by molar-refractivity contribution is 5.34. The lowest BCUT2D eigenvalue weighted by Gasteiger charge is -2.09. The summed E-state index contributed by atoms with van der Waals surface area (Å²) in [6.07, 6.45) is 0. The summed E-state index contributed by atoms with van der Waals surface area (Å²) < 4.78 is 11.2. The normalized spacial score (nSPS) is 10.4. The van der Waals surface area contributed by atoms with Crippen LogP contribution in [0.5, 0.6) is 17.4 Å². The van der Waals surface area contributed by atoms with Gasteiger partial charge in [-0.3, -0.25) is 0 Å². The van der Waals surface area contributed by atoms with Crippen molar-refractivity contribution in [2.75, 3.05) is 13.2 Å². The Morgan fingerprint density at radius 1 is 1.05 bits per heavy atom. The number of aromatic nitrogens is 1. The number of rotatable bonds is 7. The molecule has 0 bridgehead atoms. The summed E-state index contributed by atoms with van der Waals surface area (Å²) in [6, 6.07) is 11.6. The SMILES string of the molecule is CCNCc1cc(C)nc(Oc2ccc(OCC)cc2)c1. The third-order valence-corrected chi connectivity index (χ3v) is 2.93. The molecule has 4 heteroatoms. The van der Waals surface area contributed by atoms with E-state index in [1.807, 2.05) is 44.2 Å². The van der Waals surface area contributed by atoms with E-state index in [4.69, 9.17) is 9.47 Å². The number of nitrogens with one attached hydrogen (secondary N) is 1. The minimum atomic E-state index is 0.618. The first-order valence-electron chi connectivity index (χ1n) is 7.30. The van der Waals surface area contributed by atoms with Gasteiger partial charge in [0, 0.05) is 18.3 Å². The molecule has 0 saturated heterocycles. The van der Waals surface area contributed by atoms with E-state index in [1.54, 1.807) is 0 Å². The molecular weight excluding hydrogens is 264 g/mol. The Morgan fingerprint density at radius 3 is 2.43 bits per heavy atom. The predicted molar refractivity (Wildman–Crippen MR) is 84.0 cm³/mol. The average molecular weight is 286 g/mol. The molecule has 0 atom stereocenters. The highest BCUT2D eigenvalue weighted by Crippen LogP contribution is 2.23. The van der Waals surface area contributed by atoms with Crippen molar-refractivity contribution in [2.45, 2.75) is 27.3 Å². The molecular formula is C17H22N2O2. The molecule has 0 aliphatic rings. The number of ether oxygens (including phenoxy) is 2. The van der Waals surface area contributed by atoms with Gasteiger partial charge >= 0.3 is 0 Å². The third kappa shape index (κ3) is 4.76. The molecule has 0 radical (unpaired) electrons. The van der Waals surface area contributed by atoms with Crippen LogP contribution >= 0.6 is 0 Å². The Balaban J connectivity index is 2.09. The first-order chi connectivity index (χ1) is 10.2. The van der Waals surface area contributed by atoms with Gasteiger partial charge in [0.1, 0.15) is 11.5 Å². The van der Waals surface area contributed by atoms with E-state index in [0.717, 1.165) is 30.3 Å². The first kappa shape index (κ1) is 15.3. The van der Waals surface area contributed by atoms with Gasteiger partial charge in [0.25, 0.3) is 0 Å².